The van der Waals surface area contributed by atoms with E-state index in [-0.39, 0.29) is 0 Å². The van der Waals surface area contributed by atoms with Gasteiger partial charge in [-0.05, 0) is 19.3 Å². The molecule has 0 saturated carbocycles. The molecule has 0 radical (unpaired) electrons. The lowest BCUT2D eigenvalue weighted by molar-refractivity contribution is -0.897. The lowest BCUT2D eigenvalue weighted by Gasteiger charge is -2.29. The molecule has 0 aliphatic carbocycles. The summed E-state index contributed by atoms with van der Waals surface area (Å²) in [5.41, 5.74) is 0. The van der Waals surface area contributed by atoms with E-state index in [4.69, 9.17) is 5.11 Å². The first-order valence-corrected chi connectivity index (χ1v) is 6.71. The minimum atomic E-state index is 0.370. The van der Waals surface area contributed by atoms with Gasteiger partial charge < -0.3 is 9.59 Å². The van der Waals surface area contributed by atoms with Gasteiger partial charge in [0, 0.05) is 19.4 Å². The summed E-state index contributed by atoms with van der Waals surface area (Å²) in [5.74, 6) is 0. The molecule has 0 aromatic heterocycles. The minimum absolute atomic E-state index is 0.370. The molecule has 2 nitrogen and oxygen atoms in total. The second-order valence-electron chi connectivity index (χ2n) is 5.34. The van der Waals surface area contributed by atoms with E-state index in [0.29, 0.717) is 6.61 Å². The third kappa shape index (κ3) is 5.53. The highest BCUT2D eigenvalue weighted by molar-refractivity contribution is 4.52. The van der Waals surface area contributed by atoms with Gasteiger partial charge in [-0.3, -0.25) is 0 Å². The fraction of sp³-hybridized carbons (Fsp3) is 1.00. The van der Waals surface area contributed by atoms with Gasteiger partial charge in [0.25, 0.3) is 0 Å². The molecule has 1 aliphatic rings. The molecule has 1 N–H and O–H groups in total. The maximum atomic E-state index is 8.64. The van der Waals surface area contributed by atoms with Crippen LogP contribution in [0, 0.1) is 0 Å². The second-order valence-corrected chi connectivity index (χ2v) is 5.34. The van der Waals surface area contributed by atoms with Crippen molar-refractivity contribution in [2.75, 3.05) is 33.3 Å². The van der Waals surface area contributed by atoms with Crippen LogP contribution in [0.15, 0.2) is 0 Å². The molecule has 1 heterocycles. The van der Waals surface area contributed by atoms with Crippen molar-refractivity contribution in [2.45, 2.75) is 51.4 Å². The zero-order valence-corrected chi connectivity index (χ0v) is 10.4. The number of aliphatic hydroxyl groups excluding tert-OH is 1. The highest BCUT2D eigenvalue weighted by Gasteiger charge is 2.25. The Labute approximate surface area is 94.9 Å². The van der Waals surface area contributed by atoms with Crippen molar-refractivity contribution in [2.24, 2.45) is 0 Å². The monoisotopic (exact) mass is 214 g/mol. The average Bonchev–Trinajstić information content (AvgIpc) is 2.64. The number of rotatable bonds is 8. The molecule has 0 amide bonds. The van der Waals surface area contributed by atoms with Gasteiger partial charge in [-0.15, -0.1) is 0 Å². The first-order valence-electron chi connectivity index (χ1n) is 6.71. The van der Waals surface area contributed by atoms with Crippen LogP contribution in [0.1, 0.15) is 51.4 Å². The number of aliphatic hydroxyl groups is 1. The van der Waals surface area contributed by atoms with Crippen LogP contribution in [-0.4, -0.2) is 42.9 Å². The van der Waals surface area contributed by atoms with Crippen molar-refractivity contribution < 1.29 is 9.59 Å². The Morgan fingerprint density at radius 3 is 2.00 bits per heavy atom. The Bertz CT molecular complexity index is 153. The first kappa shape index (κ1) is 13.0. The van der Waals surface area contributed by atoms with Crippen LogP contribution in [0.4, 0.5) is 0 Å². The van der Waals surface area contributed by atoms with E-state index in [2.05, 4.69) is 7.05 Å². The fourth-order valence-electron chi connectivity index (χ4n) is 2.63. The third-order valence-electron chi connectivity index (χ3n) is 3.75. The van der Waals surface area contributed by atoms with E-state index >= 15 is 0 Å². The standard InChI is InChI=1S/C13H28NO/c1-14(11-7-8-12-14)10-6-4-2-3-5-9-13-15/h15H,2-13H2,1H3/q+1. The van der Waals surface area contributed by atoms with Gasteiger partial charge >= 0.3 is 0 Å². The van der Waals surface area contributed by atoms with E-state index in [1.807, 2.05) is 0 Å². The molecule has 15 heavy (non-hydrogen) atoms. The van der Waals surface area contributed by atoms with E-state index in [9.17, 15) is 0 Å². The first-order chi connectivity index (χ1) is 7.27. The zero-order chi connectivity index (χ0) is 11.0. The normalized spacial score (nSPS) is 19.6. The number of hydrogen-bond donors (Lipinski definition) is 1. The van der Waals surface area contributed by atoms with Crippen molar-refractivity contribution in [3.63, 3.8) is 0 Å². The van der Waals surface area contributed by atoms with E-state index < -0.39 is 0 Å². The van der Waals surface area contributed by atoms with Gasteiger partial charge in [0.15, 0.2) is 0 Å². The maximum Gasteiger partial charge on any atom is 0.0786 e. The van der Waals surface area contributed by atoms with Gasteiger partial charge in [-0.25, -0.2) is 0 Å². The van der Waals surface area contributed by atoms with Crippen molar-refractivity contribution in [3.8, 4) is 0 Å². The van der Waals surface area contributed by atoms with Crippen LogP contribution in [0.25, 0.3) is 0 Å². The molecule has 0 aromatic carbocycles. The molecular weight excluding hydrogens is 186 g/mol. The highest BCUT2D eigenvalue weighted by Crippen LogP contribution is 2.18. The summed E-state index contributed by atoms with van der Waals surface area (Å²) in [4.78, 5) is 0. The summed E-state index contributed by atoms with van der Waals surface area (Å²) in [6.07, 6.45) is 10.5. The predicted octanol–water partition coefficient (Wildman–Crippen LogP) is 2.56. The van der Waals surface area contributed by atoms with Gasteiger partial charge in [-0.1, -0.05) is 19.3 Å². The number of nitrogens with zero attached hydrogens (tertiary/aromatic N) is 1. The largest absolute Gasteiger partial charge is 0.396 e. The van der Waals surface area contributed by atoms with Crippen molar-refractivity contribution in [1.82, 2.24) is 0 Å². The SMILES string of the molecule is C[N+]1(CCCCCCCCO)CCCC1. The summed E-state index contributed by atoms with van der Waals surface area (Å²) < 4.78 is 1.33. The quantitative estimate of drug-likeness (QED) is 0.486. The van der Waals surface area contributed by atoms with Crippen LogP contribution in [0.5, 0.6) is 0 Å². The van der Waals surface area contributed by atoms with Crippen LogP contribution in [-0.2, 0) is 0 Å². The summed E-state index contributed by atoms with van der Waals surface area (Å²) >= 11 is 0. The smallest absolute Gasteiger partial charge is 0.0786 e. The molecule has 0 aromatic rings. The van der Waals surface area contributed by atoms with Crippen LogP contribution in [0.3, 0.4) is 0 Å². The van der Waals surface area contributed by atoms with Gasteiger partial charge in [0.05, 0.1) is 26.7 Å². The van der Waals surface area contributed by atoms with Crippen molar-refractivity contribution >= 4 is 0 Å². The van der Waals surface area contributed by atoms with E-state index in [1.165, 1.54) is 69.1 Å². The Kier molecular flexibility index (Phi) is 6.26. The lowest BCUT2D eigenvalue weighted by atomic mass is 10.1. The maximum absolute atomic E-state index is 8.64. The number of likely N-dealkylation sites (tertiary alicyclic amines) is 1. The third-order valence-corrected chi connectivity index (χ3v) is 3.75. The van der Waals surface area contributed by atoms with E-state index in [1.54, 1.807) is 0 Å². The molecule has 1 saturated heterocycles. The molecule has 1 rings (SSSR count). The Hall–Kier alpha value is -0.0800. The fourth-order valence-corrected chi connectivity index (χ4v) is 2.63. The average molecular weight is 214 g/mol. The zero-order valence-electron chi connectivity index (χ0n) is 10.4. The molecule has 0 unspecified atom stereocenters. The molecule has 1 fully saturated rings. The number of unbranched alkanes of at least 4 members (excludes halogenated alkanes) is 5. The topological polar surface area (TPSA) is 20.2 Å². The summed E-state index contributed by atoms with van der Waals surface area (Å²) in [5, 5.41) is 8.64. The second kappa shape index (κ2) is 7.24. The molecule has 90 valence electrons. The minimum Gasteiger partial charge on any atom is -0.396 e. The highest BCUT2D eigenvalue weighted by atomic mass is 16.2. The van der Waals surface area contributed by atoms with Crippen LogP contribution >= 0.6 is 0 Å². The Morgan fingerprint density at radius 2 is 1.40 bits per heavy atom. The molecule has 2 heteroatoms. The Balaban J connectivity index is 1.88. The van der Waals surface area contributed by atoms with Gasteiger partial charge in [0.1, 0.15) is 0 Å². The predicted molar refractivity (Wildman–Crippen MR) is 64.8 cm³/mol. The van der Waals surface area contributed by atoms with Crippen LogP contribution in [0.2, 0.25) is 0 Å². The van der Waals surface area contributed by atoms with Crippen LogP contribution < -0.4 is 0 Å². The molecular formula is C13H28NO+. The number of quaternary nitrogens is 1. The number of hydrogen-bond acceptors (Lipinski definition) is 1. The molecule has 0 spiro atoms. The Morgan fingerprint density at radius 1 is 0.867 bits per heavy atom. The lowest BCUT2D eigenvalue weighted by Crippen LogP contribution is -2.41. The van der Waals surface area contributed by atoms with Gasteiger partial charge in [-0.2, -0.15) is 0 Å². The van der Waals surface area contributed by atoms with Gasteiger partial charge in [0.2, 0.25) is 0 Å². The summed E-state index contributed by atoms with van der Waals surface area (Å²) in [6, 6.07) is 0. The summed E-state index contributed by atoms with van der Waals surface area (Å²) in [7, 11) is 2.42. The van der Waals surface area contributed by atoms with Crippen molar-refractivity contribution in [1.29, 1.82) is 0 Å². The summed E-state index contributed by atoms with van der Waals surface area (Å²) in [6.45, 7) is 4.57. The van der Waals surface area contributed by atoms with E-state index in [0.717, 1.165) is 6.42 Å². The molecule has 0 bridgehead atoms. The molecule has 0 atom stereocenters. The molecule has 1 aliphatic heterocycles. The van der Waals surface area contributed by atoms with Crippen molar-refractivity contribution in [3.05, 3.63) is 0 Å².